The Labute approximate surface area is 113 Å². The first-order valence-electron chi connectivity index (χ1n) is 0.667. The summed E-state index contributed by atoms with van der Waals surface area (Å²) < 4.78 is 34.1. The van der Waals surface area contributed by atoms with Crippen LogP contribution in [0.1, 0.15) is 0 Å². The van der Waals surface area contributed by atoms with Crippen LogP contribution in [0.2, 0.25) is 0 Å². The molecule has 0 heterocycles. The predicted molar refractivity (Wildman–Crippen MR) is 39.4 cm³/mol. The van der Waals surface area contributed by atoms with Crippen molar-refractivity contribution >= 4 is 10.4 Å². The molecule has 0 aliphatic carbocycles. The third-order valence-corrected chi connectivity index (χ3v) is 0. The van der Waals surface area contributed by atoms with E-state index in [2.05, 4.69) is 0 Å². The summed E-state index contributed by atoms with van der Waals surface area (Å²) >= 11 is 0. The SMILES string of the molecule is O.O.O.O.O.O.O.O.O=S(=O)([O-])[O-].[Ce]. The van der Waals surface area contributed by atoms with Crippen LogP contribution >= 0.6 is 0 Å². The Balaban J connectivity index is -0.00000000222. The van der Waals surface area contributed by atoms with E-state index in [1.165, 1.54) is 0 Å². The van der Waals surface area contributed by atoms with Crippen molar-refractivity contribution in [2.45, 2.75) is 0 Å². The van der Waals surface area contributed by atoms with Crippen molar-refractivity contribution in [3.8, 4) is 0 Å². The molecule has 0 spiro atoms. The maximum atomic E-state index is 8.52. The van der Waals surface area contributed by atoms with Crippen LogP contribution in [0, 0.1) is 41.7 Å². The monoisotopic (exact) mass is 380 g/mol. The Bertz CT molecular complexity index is 93.5. The predicted octanol–water partition coefficient (Wildman–Crippen LogP) is -7.94. The van der Waals surface area contributed by atoms with Crippen LogP contribution in [-0.4, -0.2) is 61.3 Å². The van der Waals surface area contributed by atoms with Crippen molar-refractivity contribution in [2.24, 2.45) is 0 Å². The van der Waals surface area contributed by atoms with E-state index in [0.29, 0.717) is 0 Å². The molecule has 0 aromatic carbocycles. The van der Waals surface area contributed by atoms with E-state index < -0.39 is 10.4 Å². The summed E-state index contributed by atoms with van der Waals surface area (Å²) in [5, 5.41) is 0. The molecule has 0 amide bonds. The van der Waals surface area contributed by atoms with E-state index in [4.69, 9.17) is 17.5 Å². The first-order valence-corrected chi connectivity index (χ1v) is 2.00. The molecular weight excluding hydrogens is 364 g/mol. The Kier molecular flexibility index (Phi) is 413. The van der Waals surface area contributed by atoms with Crippen molar-refractivity contribution in [2.75, 3.05) is 0 Å². The smallest absolute Gasteiger partial charge is 0.0311 e. The minimum absolute atomic E-state index is 0. The fourth-order valence-corrected chi connectivity index (χ4v) is 0. The second-order valence-corrected chi connectivity index (χ2v) is 1.22. The minimum Gasteiger partial charge on any atom is -0.759 e. The van der Waals surface area contributed by atoms with E-state index in [0.717, 1.165) is 0 Å². The first-order chi connectivity index (χ1) is 2.00. The molecule has 14 heavy (non-hydrogen) atoms. The van der Waals surface area contributed by atoms with Crippen LogP contribution in [0.3, 0.4) is 0 Å². The van der Waals surface area contributed by atoms with Crippen LogP contribution in [0.5, 0.6) is 0 Å². The van der Waals surface area contributed by atoms with Gasteiger partial charge in [0.1, 0.15) is 0 Å². The molecule has 0 fully saturated rings. The van der Waals surface area contributed by atoms with Gasteiger partial charge in [-0.25, -0.2) is 0 Å². The van der Waals surface area contributed by atoms with Crippen molar-refractivity contribution in [3.63, 3.8) is 0 Å². The summed E-state index contributed by atoms with van der Waals surface area (Å²) in [5.41, 5.74) is 0. The van der Waals surface area contributed by atoms with Gasteiger partial charge in [-0.2, -0.15) is 0 Å². The average molecular weight is 380 g/mol. The molecule has 0 atom stereocenters. The molecule has 0 radical (unpaired) electrons. The fraction of sp³-hybridized carbons (Fsp3) is 0. The van der Waals surface area contributed by atoms with Crippen LogP contribution < -0.4 is 0 Å². The van der Waals surface area contributed by atoms with Crippen molar-refractivity contribution in [1.29, 1.82) is 0 Å². The first kappa shape index (κ1) is 119. The average Bonchev–Trinajstić information content (AvgIpc) is 0.722. The molecule has 0 saturated heterocycles. The molecule has 0 rings (SSSR count). The van der Waals surface area contributed by atoms with Gasteiger partial charge in [-0.15, -0.1) is 0 Å². The van der Waals surface area contributed by atoms with Crippen molar-refractivity contribution in [1.82, 2.24) is 0 Å². The number of hydrogen-bond acceptors (Lipinski definition) is 4. The third-order valence-electron chi connectivity index (χ3n) is 0. The molecular formula is H16CeO12S-2. The zero-order valence-electron chi connectivity index (χ0n) is 6.54. The standard InChI is InChI=1S/Ce.H2O4S.8H2O/c;1-5(2,3)4;;;;;;;;/h;(H2,1,2,3,4);8*1H2/p-2. The van der Waals surface area contributed by atoms with E-state index in [1.807, 2.05) is 0 Å². The van der Waals surface area contributed by atoms with Gasteiger partial charge in [0, 0.05) is 52.1 Å². The van der Waals surface area contributed by atoms with E-state index in [1.54, 1.807) is 0 Å². The fourth-order valence-electron chi connectivity index (χ4n) is 0. The largest absolute Gasteiger partial charge is 0.759 e. The van der Waals surface area contributed by atoms with Crippen LogP contribution in [0.15, 0.2) is 0 Å². The summed E-state index contributed by atoms with van der Waals surface area (Å²) in [6.45, 7) is 0. The molecule has 0 aliphatic rings. The summed E-state index contributed by atoms with van der Waals surface area (Å²) in [6, 6.07) is 0. The second-order valence-electron chi connectivity index (χ2n) is 0.408. The molecule has 0 aromatic heterocycles. The van der Waals surface area contributed by atoms with Gasteiger partial charge in [0.15, 0.2) is 0 Å². The van der Waals surface area contributed by atoms with Gasteiger partial charge >= 0.3 is 0 Å². The van der Waals surface area contributed by atoms with Gasteiger partial charge in [-0.3, -0.25) is 8.42 Å². The van der Waals surface area contributed by atoms with Crippen LogP contribution in [0.4, 0.5) is 0 Å². The number of hydrogen-bond donors (Lipinski definition) is 0. The molecule has 100 valence electrons. The van der Waals surface area contributed by atoms with E-state index >= 15 is 0 Å². The maximum Gasteiger partial charge on any atom is 0.0311 e. The van der Waals surface area contributed by atoms with Crippen LogP contribution in [0.25, 0.3) is 0 Å². The van der Waals surface area contributed by atoms with Gasteiger partial charge in [0.2, 0.25) is 0 Å². The molecule has 16 N–H and O–H groups in total. The maximum absolute atomic E-state index is 8.52. The summed E-state index contributed by atoms with van der Waals surface area (Å²) in [7, 11) is -5.17. The summed E-state index contributed by atoms with van der Waals surface area (Å²) in [6.07, 6.45) is 0. The molecule has 14 heteroatoms. The Morgan fingerprint density at radius 1 is 0.571 bits per heavy atom. The van der Waals surface area contributed by atoms with E-state index in [-0.39, 0.29) is 85.6 Å². The van der Waals surface area contributed by atoms with E-state index in [9.17, 15) is 0 Å². The Morgan fingerprint density at radius 2 is 0.571 bits per heavy atom. The zero-order chi connectivity index (χ0) is 4.50. The quantitative estimate of drug-likeness (QED) is 0.291. The summed E-state index contributed by atoms with van der Waals surface area (Å²) in [4.78, 5) is 0. The third kappa shape index (κ3) is 2140. The van der Waals surface area contributed by atoms with Gasteiger partial charge in [0.25, 0.3) is 0 Å². The Hall–Kier alpha value is 0.927. The van der Waals surface area contributed by atoms with Gasteiger partial charge in [0.05, 0.1) is 0 Å². The molecule has 0 aromatic rings. The van der Waals surface area contributed by atoms with Crippen LogP contribution in [-0.2, 0) is 10.4 Å². The second kappa shape index (κ2) is 48.5. The zero-order valence-corrected chi connectivity index (χ0v) is 10.5. The van der Waals surface area contributed by atoms with Gasteiger partial charge in [-0.05, 0) is 0 Å². The molecule has 12 nitrogen and oxygen atoms in total. The molecule has 0 bridgehead atoms. The molecule has 0 saturated carbocycles. The molecule has 0 unspecified atom stereocenters. The minimum atomic E-state index is -5.17. The van der Waals surface area contributed by atoms with Gasteiger partial charge < -0.3 is 52.9 Å². The van der Waals surface area contributed by atoms with Gasteiger partial charge in [-0.1, -0.05) is 0 Å². The topological polar surface area (TPSA) is 332 Å². The normalized spacial score (nSPS) is 4.14. The molecule has 0 aliphatic heterocycles. The number of rotatable bonds is 0. The van der Waals surface area contributed by atoms with Crippen molar-refractivity contribution in [3.05, 3.63) is 0 Å². The Morgan fingerprint density at radius 3 is 0.571 bits per heavy atom. The van der Waals surface area contributed by atoms with Crippen molar-refractivity contribution < 1.29 is 103 Å². The summed E-state index contributed by atoms with van der Waals surface area (Å²) in [5.74, 6) is 0.